The minimum atomic E-state index is -0.393. The highest BCUT2D eigenvalue weighted by Crippen LogP contribution is 2.20. The van der Waals surface area contributed by atoms with E-state index in [2.05, 4.69) is 6.58 Å². The molecule has 0 aliphatic carbocycles. The Morgan fingerprint density at radius 3 is 2.94 bits per heavy atom. The number of aliphatic hydroxyl groups is 1. The lowest BCUT2D eigenvalue weighted by molar-refractivity contribution is -0.153. The van der Waals surface area contributed by atoms with Crippen molar-refractivity contribution < 1.29 is 14.6 Å². The Morgan fingerprint density at radius 1 is 1.61 bits per heavy atom. The topological polar surface area (TPSA) is 49.8 Å². The van der Waals surface area contributed by atoms with Gasteiger partial charge in [0.05, 0.1) is 12.2 Å². The number of carbonyl (C=O) groups excluding carboxylic acids is 1. The SMILES string of the molecule is C=CCCC(O)CN1CCC[C@H]1C(=O)OC(C)C. The number of carbonyl (C=O) groups is 1. The Kier molecular flexibility index (Phi) is 6.36. The molecule has 0 aromatic heterocycles. The molecule has 0 aromatic rings. The van der Waals surface area contributed by atoms with Crippen LogP contribution >= 0.6 is 0 Å². The molecule has 0 bridgehead atoms. The molecular formula is C14H25NO3. The van der Waals surface area contributed by atoms with Crippen molar-refractivity contribution in [2.75, 3.05) is 13.1 Å². The zero-order valence-electron chi connectivity index (χ0n) is 11.5. The van der Waals surface area contributed by atoms with E-state index in [0.717, 1.165) is 25.8 Å². The summed E-state index contributed by atoms with van der Waals surface area (Å²) in [6, 6.07) is -0.175. The van der Waals surface area contributed by atoms with Crippen molar-refractivity contribution in [2.45, 2.75) is 57.8 Å². The average molecular weight is 255 g/mol. The molecule has 0 amide bonds. The summed E-state index contributed by atoms with van der Waals surface area (Å²) < 4.78 is 5.25. The van der Waals surface area contributed by atoms with E-state index in [0.29, 0.717) is 13.0 Å². The molecule has 1 aliphatic rings. The van der Waals surface area contributed by atoms with Crippen molar-refractivity contribution in [3.8, 4) is 0 Å². The first-order chi connectivity index (χ1) is 8.54. The van der Waals surface area contributed by atoms with Crippen LogP contribution in [0.1, 0.15) is 39.5 Å². The highest BCUT2D eigenvalue weighted by Gasteiger charge is 2.33. The molecule has 18 heavy (non-hydrogen) atoms. The number of rotatable bonds is 7. The van der Waals surface area contributed by atoms with Crippen LogP contribution in [0.15, 0.2) is 12.7 Å². The van der Waals surface area contributed by atoms with Crippen LogP contribution in [-0.2, 0) is 9.53 Å². The second-order valence-electron chi connectivity index (χ2n) is 5.16. The minimum absolute atomic E-state index is 0.0781. The molecule has 0 saturated carbocycles. The third-order valence-electron chi connectivity index (χ3n) is 3.14. The number of hydrogen-bond acceptors (Lipinski definition) is 4. The molecule has 4 nitrogen and oxygen atoms in total. The first-order valence-corrected chi connectivity index (χ1v) is 6.78. The Labute approximate surface area is 110 Å². The normalized spacial score (nSPS) is 22.1. The quantitative estimate of drug-likeness (QED) is 0.556. The van der Waals surface area contributed by atoms with Crippen molar-refractivity contribution in [3.05, 3.63) is 12.7 Å². The lowest BCUT2D eigenvalue weighted by Gasteiger charge is -2.25. The maximum atomic E-state index is 11.9. The maximum Gasteiger partial charge on any atom is 0.323 e. The lowest BCUT2D eigenvalue weighted by Crippen LogP contribution is -2.42. The highest BCUT2D eigenvalue weighted by molar-refractivity contribution is 5.76. The Bertz CT molecular complexity index is 278. The molecule has 104 valence electrons. The number of likely N-dealkylation sites (tertiary alicyclic amines) is 1. The number of β-amino-alcohol motifs (C(OH)–C–C–N with tert-alkyl or cyclic N) is 1. The van der Waals surface area contributed by atoms with Crippen molar-refractivity contribution >= 4 is 5.97 Å². The van der Waals surface area contributed by atoms with E-state index in [-0.39, 0.29) is 18.1 Å². The Morgan fingerprint density at radius 2 is 2.33 bits per heavy atom. The van der Waals surface area contributed by atoms with Gasteiger partial charge >= 0.3 is 5.97 Å². The number of nitrogens with zero attached hydrogens (tertiary/aromatic N) is 1. The maximum absolute atomic E-state index is 11.9. The van der Waals surface area contributed by atoms with Crippen LogP contribution in [0, 0.1) is 0 Å². The summed E-state index contributed by atoms with van der Waals surface area (Å²) in [5.74, 6) is -0.154. The predicted molar refractivity (Wildman–Crippen MR) is 71.3 cm³/mol. The largest absolute Gasteiger partial charge is 0.462 e. The van der Waals surface area contributed by atoms with Gasteiger partial charge in [-0.15, -0.1) is 6.58 Å². The molecule has 1 fully saturated rings. The van der Waals surface area contributed by atoms with Gasteiger partial charge in [-0.3, -0.25) is 9.69 Å². The second-order valence-corrected chi connectivity index (χ2v) is 5.16. The van der Waals surface area contributed by atoms with Crippen molar-refractivity contribution in [2.24, 2.45) is 0 Å². The number of esters is 1. The smallest absolute Gasteiger partial charge is 0.323 e. The highest BCUT2D eigenvalue weighted by atomic mass is 16.5. The Hall–Kier alpha value is -0.870. The summed E-state index contributed by atoms with van der Waals surface area (Å²) in [6.45, 7) is 8.77. The van der Waals surface area contributed by atoms with E-state index in [1.165, 1.54) is 0 Å². The average Bonchev–Trinajstić information content (AvgIpc) is 2.73. The van der Waals surface area contributed by atoms with Crippen molar-refractivity contribution in [1.82, 2.24) is 4.90 Å². The molecule has 1 unspecified atom stereocenters. The first kappa shape index (κ1) is 15.2. The zero-order chi connectivity index (χ0) is 13.5. The summed E-state index contributed by atoms with van der Waals surface area (Å²) in [5.41, 5.74) is 0. The first-order valence-electron chi connectivity index (χ1n) is 6.78. The van der Waals surface area contributed by atoms with E-state index < -0.39 is 6.10 Å². The van der Waals surface area contributed by atoms with E-state index in [1.54, 1.807) is 6.08 Å². The summed E-state index contributed by atoms with van der Waals surface area (Å²) >= 11 is 0. The second kappa shape index (κ2) is 7.54. The molecule has 0 radical (unpaired) electrons. The molecule has 1 aliphatic heterocycles. The Balaban J connectivity index is 2.43. The number of hydrogen-bond donors (Lipinski definition) is 1. The van der Waals surface area contributed by atoms with E-state index in [1.807, 2.05) is 18.7 Å². The molecule has 4 heteroatoms. The molecule has 1 heterocycles. The van der Waals surface area contributed by atoms with Crippen LogP contribution in [0.3, 0.4) is 0 Å². The van der Waals surface area contributed by atoms with Gasteiger partial charge in [-0.1, -0.05) is 6.08 Å². The van der Waals surface area contributed by atoms with E-state index in [4.69, 9.17) is 4.74 Å². The van der Waals surface area contributed by atoms with Gasteiger partial charge in [0, 0.05) is 6.54 Å². The van der Waals surface area contributed by atoms with E-state index >= 15 is 0 Å². The fourth-order valence-electron chi connectivity index (χ4n) is 2.29. The van der Waals surface area contributed by atoms with Gasteiger partial charge < -0.3 is 9.84 Å². The van der Waals surface area contributed by atoms with Crippen LogP contribution in [0.25, 0.3) is 0 Å². The number of allylic oxidation sites excluding steroid dienone is 1. The number of ether oxygens (including phenoxy) is 1. The van der Waals surface area contributed by atoms with Crippen LogP contribution < -0.4 is 0 Å². The van der Waals surface area contributed by atoms with Gasteiger partial charge in [0.25, 0.3) is 0 Å². The van der Waals surface area contributed by atoms with Crippen LogP contribution in [0.2, 0.25) is 0 Å². The summed E-state index contributed by atoms with van der Waals surface area (Å²) in [5, 5.41) is 9.88. The monoisotopic (exact) mass is 255 g/mol. The van der Waals surface area contributed by atoms with E-state index in [9.17, 15) is 9.90 Å². The van der Waals surface area contributed by atoms with Crippen LogP contribution in [0.5, 0.6) is 0 Å². The van der Waals surface area contributed by atoms with Crippen LogP contribution in [0.4, 0.5) is 0 Å². The van der Waals surface area contributed by atoms with Gasteiger partial charge in [0.2, 0.25) is 0 Å². The lowest BCUT2D eigenvalue weighted by atomic mass is 10.1. The molecule has 0 spiro atoms. The van der Waals surface area contributed by atoms with Gasteiger partial charge in [0.1, 0.15) is 6.04 Å². The molecule has 1 rings (SSSR count). The standard InChI is InChI=1S/C14H25NO3/c1-4-5-7-12(16)10-15-9-6-8-13(15)14(17)18-11(2)3/h4,11-13,16H,1,5-10H2,2-3H3/t12?,13-/m0/s1. The predicted octanol–water partition coefficient (Wildman–Crippen LogP) is 1.73. The van der Waals surface area contributed by atoms with Gasteiger partial charge in [0.15, 0.2) is 0 Å². The summed E-state index contributed by atoms with van der Waals surface area (Å²) in [6.07, 6.45) is 4.66. The zero-order valence-corrected chi connectivity index (χ0v) is 11.5. The third kappa shape index (κ3) is 4.78. The fraction of sp³-hybridized carbons (Fsp3) is 0.786. The van der Waals surface area contributed by atoms with Crippen molar-refractivity contribution in [3.63, 3.8) is 0 Å². The summed E-state index contributed by atoms with van der Waals surface area (Å²) in [4.78, 5) is 13.9. The molecule has 1 saturated heterocycles. The van der Waals surface area contributed by atoms with Crippen LogP contribution in [-0.4, -0.2) is 47.3 Å². The third-order valence-corrected chi connectivity index (χ3v) is 3.14. The molecular weight excluding hydrogens is 230 g/mol. The van der Waals surface area contributed by atoms with Gasteiger partial charge in [-0.05, 0) is 46.1 Å². The van der Waals surface area contributed by atoms with Gasteiger partial charge in [-0.2, -0.15) is 0 Å². The van der Waals surface area contributed by atoms with Gasteiger partial charge in [-0.25, -0.2) is 0 Å². The molecule has 1 N–H and O–H groups in total. The van der Waals surface area contributed by atoms with Crippen molar-refractivity contribution in [1.29, 1.82) is 0 Å². The number of aliphatic hydroxyl groups excluding tert-OH is 1. The molecule has 0 aromatic carbocycles. The summed E-state index contributed by atoms with van der Waals surface area (Å²) in [7, 11) is 0. The fourth-order valence-corrected chi connectivity index (χ4v) is 2.29. The minimum Gasteiger partial charge on any atom is -0.462 e. The molecule has 2 atom stereocenters.